The van der Waals surface area contributed by atoms with Gasteiger partial charge in [0, 0.05) is 5.92 Å². The molecule has 0 aromatic heterocycles. The number of rotatable bonds is 1. The van der Waals surface area contributed by atoms with Gasteiger partial charge in [-0.25, -0.2) is 0 Å². The maximum absolute atomic E-state index is 11.1. The van der Waals surface area contributed by atoms with E-state index in [1.807, 2.05) is 6.92 Å². The van der Waals surface area contributed by atoms with Crippen molar-refractivity contribution in [1.82, 2.24) is 0 Å². The summed E-state index contributed by atoms with van der Waals surface area (Å²) in [7, 11) is 0. The molecule has 0 aliphatic heterocycles. The number of carbonyl (C=O) groups is 1. The van der Waals surface area contributed by atoms with Crippen LogP contribution in [-0.2, 0) is 4.79 Å². The van der Waals surface area contributed by atoms with E-state index in [2.05, 4.69) is 5.18 Å². The van der Waals surface area contributed by atoms with Crippen LogP contribution in [0.15, 0.2) is 5.18 Å². The summed E-state index contributed by atoms with van der Waals surface area (Å²) in [5, 5.41) is 2.78. The third-order valence-corrected chi connectivity index (χ3v) is 2.06. The predicted octanol–water partition coefficient (Wildman–Crippen LogP) is 1.51. The molecule has 3 heteroatoms. The van der Waals surface area contributed by atoms with Crippen LogP contribution in [-0.4, -0.2) is 11.8 Å². The topological polar surface area (TPSA) is 46.5 Å². The molecule has 0 spiro atoms. The van der Waals surface area contributed by atoms with E-state index in [9.17, 15) is 9.70 Å². The van der Waals surface area contributed by atoms with Gasteiger partial charge in [-0.15, -0.1) is 0 Å². The monoisotopic (exact) mass is 141 g/mol. The Hall–Kier alpha value is -0.730. The first kappa shape index (κ1) is 7.38. The van der Waals surface area contributed by atoms with Gasteiger partial charge in [-0.05, 0) is 12.8 Å². The van der Waals surface area contributed by atoms with Crippen molar-refractivity contribution in [2.24, 2.45) is 11.1 Å². The fourth-order valence-electron chi connectivity index (χ4n) is 1.33. The number of hydrogen-bond acceptors (Lipinski definition) is 3. The second kappa shape index (κ2) is 2.90. The van der Waals surface area contributed by atoms with Crippen LogP contribution in [0, 0.1) is 10.8 Å². The Balaban J connectivity index is 2.59. The summed E-state index contributed by atoms with van der Waals surface area (Å²) < 4.78 is 0. The summed E-state index contributed by atoms with van der Waals surface area (Å²) in [5.74, 6) is 0.0812. The summed E-state index contributed by atoms with van der Waals surface area (Å²) in [4.78, 5) is 21.1. The second-order valence-electron chi connectivity index (χ2n) is 2.86. The Morgan fingerprint density at radius 3 is 2.70 bits per heavy atom. The van der Waals surface area contributed by atoms with Gasteiger partial charge in [0.2, 0.25) is 0 Å². The Bertz CT molecular complexity index is 156. The number of Topliss-reactive ketones (excluding diaryl/α,β-unsaturated/α-hetero) is 1. The van der Waals surface area contributed by atoms with Crippen LogP contribution in [0.1, 0.15) is 26.2 Å². The van der Waals surface area contributed by atoms with E-state index in [0.717, 1.165) is 12.8 Å². The molecule has 0 N–H and O–H groups in total. The summed E-state index contributed by atoms with van der Waals surface area (Å²) in [6, 6.07) is -0.538. The van der Waals surface area contributed by atoms with Crippen molar-refractivity contribution in [3.8, 4) is 0 Å². The molecule has 0 heterocycles. The highest BCUT2D eigenvalue weighted by Gasteiger charge is 2.28. The van der Waals surface area contributed by atoms with Gasteiger partial charge in [0.1, 0.15) is 0 Å². The molecule has 0 saturated heterocycles. The Kier molecular flexibility index (Phi) is 2.14. The maximum atomic E-state index is 11.1. The lowest BCUT2D eigenvalue weighted by molar-refractivity contribution is -0.125. The van der Waals surface area contributed by atoms with E-state index in [4.69, 9.17) is 0 Å². The molecule has 1 aliphatic rings. The molecule has 56 valence electrons. The minimum Gasteiger partial charge on any atom is -0.297 e. The maximum Gasteiger partial charge on any atom is 0.163 e. The van der Waals surface area contributed by atoms with Gasteiger partial charge in [-0.1, -0.05) is 18.5 Å². The highest BCUT2D eigenvalue weighted by molar-refractivity contribution is 5.86. The molecule has 0 aromatic carbocycles. The first-order chi connectivity index (χ1) is 4.75. The molecule has 2 atom stereocenters. The van der Waals surface area contributed by atoms with Crippen LogP contribution in [0.3, 0.4) is 0 Å². The summed E-state index contributed by atoms with van der Waals surface area (Å²) in [5.41, 5.74) is 0. The van der Waals surface area contributed by atoms with E-state index in [-0.39, 0.29) is 11.7 Å². The highest BCUT2D eigenvalue weighted by atomic mass is 16.3. The predicted molar refractivity (Wildman–Crippen MR) is 37.6 cm³/mol. The van der Waals surface area contributed by atoms with Crippen LogP contribution in [0.4, 0.5) is 0 Å². The molecule has 0 aromatic rings. The third kappa shape index (κ3) is 1.23. The van der Waals surface area contributed by atoms with E-state index in [1.54, 1.807) is 0 Å². The summed E-state index contributed by atoms with van der Waals surface area (Å²) >= 11 is 0. The standard InChI is InChI=1S/C7H11NO2/c1-5-3-2-4-6(8-10)7(5)9/h5-6H,2-4H2,1H3. The first-order valence-electron chi connectivity index (χ1n) is 3.62. The molecule has 2 unspecified atom stereocenters. The minimum absolute atomic E-state index is 0.0289. The molecule has 0 radical (unpaired) electrons. The third-order valence-electron chi connectivity index (χ3n) is 2.06. The molecule has 0 amide bonds. The van der Waals surface area contributed by atoms with E-state index in [1.165, 1.54) is 0 Å². The molecule has 1 saturated carbocycles. The number of hydrogen-bond donors (Lipinski definition) is 0. The SMILES string of the molecule is CC1CCCC(N=O)C1=O. The van der Waals surface area contributed by atoms with E-state index >= 15 is 0 Å². The average Bonchev–Trinajstić information content (AvgIpc) is 1.95. The van der Waals surface area contributed by atoms with Crippen molar-refractivity contribution in [2.45, 2.75) is 32.2 Å². The number of nitroso groups, excluding NO2 is 1. The average molecular weight is 141 g/mol. The lowest BCUT2D eigenvalue weighted by Crippen LogP contribution is -2.29. The zero-order valence-electron chi connectivity index (χ0n) is 6.04. The van der Waals surface area contributed by atoms with Crippen LogP contribution < -0.4 is 0 Å². The molecule has 1 fully saturated rings. The van der Waals surface area contributed by atoms with Crippen LogP contribution in [0.5, 0.6) is 0 Å². The first-order valence-corrected chi connectivity index (χ1v) is 3.62. The minimum atomic E-state index is -0.538. The second-order valence-corrected chi connectivity index (χ2v) is 2.86. The Labute approximate surface area is 59.8 Å². The zero-order chi connectivity index (χ0) is 7.56. The van der Waals surface area contributed by atoms with Gasteiger partial charge >= 0.3 is 0 Å². The zero-order valence-corrected chi connectivity index (χ0v) is 6.04. The van der Waals surface area contributed by atoms with Crippen LogP contribution in [0.25, 0.3) is 0 Å². The van der Waals surface area contributed by atoms with Gasteiger partial charge < -0.3 is 0 Å². The largest absolute Gasteiger partial charge is 0.297 e. The molecular formula is C7H11NO2. The Morgan fingerprint density at radius 1 is 1.50 bits per heavy atom. The number of carbonyl (C=O) groups excluding carboxylic acids is 1. The molecule has 10 heavy (non-hydrogen) atoms. The fourth-order valence-corrected chi connectivity index (χ4v) is 1.33. The highest BCUT2D eigenvalue weighted by Crippen LogP contribution is 2.22. The smallest absolute Gasteiger partial charge is 0.163 e. The molecule has 0 bridgehead atoms. The quantitative estimate of drug-likeness (QED) is 0.519. The van der Waals surface area contributed by atoms with Crippen molar-refractivity contribution in [3.63, 3.8) is 0 Å². The van der Waals surface area contributed by atoms with Crippen molar-refractivity contribution in [3.05, 3.63) is 4.91 Å². The van der Waals surface area contributed by atoms with E-state index in [0.29, 0.717) is 6.42 Å². The van der Waals surface area contributed by atoms with Crippen LogP contribution in [0.2, 0.25) is 0 Å². The Morgan fingerprint density at radius 2 is 2.20 bits per heavy atom. The summed E-state index contributed by atoms with van der Waals surface area (Å²) in [6.45, 7) is 1.86. The fraction of sp³-hybridized carbons (Fsp3) is 0.857. The van der Waals surface area contributed by atoms with Gasteiger partial charge in [-0.3, -0.25) is 4.79 Å². The number of nitrogens with zero attached hydrogens (tertiary/aromatic N) is 1. The lowest BCUT2D eigenvalue weighted by Gasteiger charge is -2.19. The van der Waals surface area contributed by atoms with Gasteiger partial charge in [0.25, 0.3) is 0 Å². The lowest BCUT2D eigenvalue weighted by atomic mass is 9.86. The normalized spacial score (nSPS) is 33.9. The molecular weight excluding hydrogens is 130 g/mol. The van der Waals surface area contributed by atoms with Crippen molar-refractivity contribution < 1.29 is 4.79 Å². The van der Waals surface area contributed by atoms with Crippen molar-refractivity contribution >= 4 is 5.78 Å². The van der Waals surface area contributed by atoms with E-state index < -0.39 is 6.04 Å². The van der Waals surface area contributed by atoms with Gasteiger partial charge in [-0.2, -0.15) is 4.91 Å². The van der Waals surface area contributed by atoms with Crippen molar-refractivity contribution in [1.29, 1.82) is 0 Å². The van der Waals surface area contributed by atoms with Gasteiger partial charge in [0.15, 0.2) is 11.8 Å². The van der Waals surface area contributed by atoms with Crippen LogP contribution >= 0.6 is 0 Å². The van der Waals surface area contributed by atoms with Gasteiger partial charge in [0.05, 0.1) is 0 Å². The molecule has 3 nitrogen and oxygen atoms in total. The summed E-state index contributed by atoms with van der Waals surface area (Å²) in [6.07, 6.45) is 2.54. The molecule has 1 rings (SSSR count). The number of ketones is 1. The van der Waals surface area contributed by atoms with Crippen molar-refractivity contribution in [2.75, 3.05) is 0 Å². The molecule has 1 aliphatic carbocycles.